The molecule has 4 heterocycles. The summed E-state index contributed by atoms with van der Waals surface area (Å²) in [5.74, 6) is 1.66. The lowest BCUT2D eigenvalue weighted by molar-refractivity contribution is 0.0566. The van der Waals surface area contributed by atoms with Crippen LogP contribution in [0, 0.1) is 6.92 Å². The fourth-order valence-corrected chi connectivity index (χ4v) is 5.66. The molecular formula is C25H26N6O4S2. The van der Waals surface area contributed by atoms with Crippen molar-refractivity contribution in [2.45, 2.75) is 24.8 Å². The number of nitrogens with zero attached hydrogens (tertiary/aromatic N) is 6. The number of hydrogen-bond donors (Lipinski definition) is 0. The summed E-state index contributed by atoms with van der Waals surface area (Å²) in [7, 11) is 0. The van der Waals surface area contributed by atoms with Crippen LogP contribution >= 0.6 is 23.1 Å². The molecule has 0 radical (unpaired) electrons. The molecule has 1 saturated heterocycles. The topological polar surface area (TPSA) is 107 Å². The Morgan fingerprint density at radius 1 is 1.08 bits per heavy atom. The maximum atomic E-state index is 13.0. The molecule has 1 aliphatic heterocycles. The Kier molecular flexibility index (Phi) is 7.56. The van der Waals surface area contributed by atoms with Crippen LogP contribution in [0.15, 0.2) is 57.6 Å². The predicted molar refractivity (Wildman–Crippen MR) is 140 cm³/mol. The van der Waals surface area contributed by atoms with E-state index in [9.17, 15) is 9.59 Å². The molecule has 1 aliphatic rings. The number of furan rings is 1. The third-order valence-corrected chi connectivity index (χ3v) is 7.83. The van der Waals surface area contributed by atoms with E-state index in [1.807, 2.05) is 47.9 Å². The van der Waals surface area contributed by atoms with Crippen LogP contribution in [0.1, 0.15) is 28.0 Å². The number of thioether (sulfide) groups is 1. The molecule has 12 heteroatoms. The lowest BCUT2D eigenvalue weighted by Gasteiger charge is -2.33. The highest BCUT2D eigenvalue weighted by atomic mass is 32.2. The van der Waals surface area contributed by atoms with Gasteiger partial charge in [0.05, 0.1) is 18.6 Å². The minimum absolute atomic E-state index is 0.126. The third-order valence-electron chi connectivity index (χ3n) is 5.86. The minimum atomic E-state index is -0.337. The number of ether oxygens (including phenoxy) is 1. The Labute approximate surface area is 222 Å². The number of rotatable bonds is 7. The predicted octanol–water partition coefficient (Wildman–Crippen LogP) is 4.50. The fourth-order valence-electron chi connectivity index (χ4n) is 3.93. The van der Waals surface area contributed by atoms with Gasteiger partial charge in [-0.1, -0.05) is 29.5 Å². The smallest absolute Gasteiger partial charge is 0.409 e. The molecular weight excluding hydrogens is 512 g/mol. The summed E-state index contributed by atoms with van der Waals surface area (Å²) in [5, 5.41) is 12.1. The number of amides is 2. The lowest BCUT2D eigenvalue weighted by atomic mass is 10.2. The van der Waals surface area contributed by atoms with E-state index in [1.54, 1.807) is 28.4 Å². The third kappa shape index (κ3) is 5.54. The van der Waals surface area contributed by atoms with E-state index in [1.165, 1.54) is 23.1 Å². The molecule has 5 rings (SSSR count). The first kappa shape index (κ1) is 25.0. The van der Waals surface area contributed by atoms with E-state index in [4.69, 9.17) is 9.15 Å². The van der Waals surface area contributed by atoms with Gasteiger partial charge in [-0.15, -0.1) is 21.5 Å². The largest absolute Gasteiger partial charge is 0.461 e. The van der Waals surface area contributed by atoms with E-state index in [-0.39, 0.29) is 12.0 Å². The molecule has 1 aromatic carbocycles. The molecule has 0 saturated carbocycles. The molecule has 1 fully saturated rings. The molecule has 0 spiro atoms. The number of thiazole rings is 1. The van der Waals surface area contributed by atoms with E-state index in [2.05, 4.69) is 15.2 Å². The maximum Gasteiger partial charge on any atom is 0.409 e. The lowest BCUT2D eigenvalue weighted by Crippen LogP contribution is -2.50. The molecule has 0 bridgehead atoms. The van der Waals surface area contributed by atoms with E-state index in [0.29, 0.717) is 61.0 Å². The van der Waals surface area contributed by atoms with Gasteiger partial charge in [0.1, 0.15) is 10.7 Å². The van der Waals surface area contributed by atoms with Crippen LogP contribution in [0.4, 0.5) is 4.79 Å². The highest BCUT2D eigenvalue weighted by Gasteiger charge is 2.27. The number of hydrogen-bond acceptors (Lipinski definition) is 9. The first-order valence-electron chi connectivity index (χ1n) is 11.9. The van der Waals surface area contributed by atoms with Gasteiger partial charge in [0.2, 0.25) is 5.82 Å². The van der Waals surface area contributed by atoms with Crippen LogP contribution < -0.4 is 0 Å². The van der Waals surface area contributed by atoms with Crippen LogP contribution in [-0.4, -0.2) is 74.3 Å². The van der Waals surface area contributed by atoms with Crippen LogP contribution in [0.25, 0.3) is 17.3 Å². The summed E-state index contributed by atoms with van der Waals surface area (Å²) < 4.78 is 12.6. The van der Waals surface area contributed by atoms with Crippen molar-refractivity contribution >= 4 is 35.1 Å². The zero-order valence-electron chi connectivity index (χ0n) is 20.5. The number of piperazine rings is 1. The van der Waals surface area contributed by atoms with Gasteiger partial charge in [-0.05, 0) is 38.1 Å². The molecule has 10 nitrogen and oxygen atoms in total. The van der Waals surface area contributed by atoms with Crippen LogP contribution in [0.5, 0.6) is 0 Å². The monoisotopic (exact) mass is 538 g/mol. The molecule has 2 amide bonds. The SMILES string of the molecule is CCOC(=O)N1CCN(C(=O)c2csc(CSc3nnc(-c4ccco4)n3-c3ccc(C)cc3)n2)CC1. The van der Waals surface area contributed by atoms with Gasteiger partial charge in [0.15, 0.2) is 10.9 Å². The van der Waals surface area contributed by atoms with Gasteiger partial charge in [0, 0.05) is 37.2 Å². The van der Waals surface area contributed by atoms with Crippen molar-refractivity contribution in [3.05, 3.63) is 64.3 Å². The van der Waals surface area contributed by atoms with Crippen molar-refractivity contribution in [1.29, 1.82) is 0 Å². The second-order valence-electron chi connectivity index (χ2n) is 8.35. The van der Waals surface area contributed by atoms with Gasteiger partial charge in [-0.3, -0.25) is 9.36 Å². The second kappa shape index (κ2) is 11.2. The maximum absolute atomic E-state index is 13.0. The van der Waals surface area contributed by atoms with E-state index in [0.717, 1.165) is 16.3 Å². The molecule has 0 N–H and O–H groups in total. The summed E-state index contributed by atoms with van der Waals surface area (Å²) >= 11 is 2.94. The standard InChI is InChI=1S/C25H26N6O4S2/c1-3-34-25(33)30-12-10-29(11-13-30)23(32)19-15-36-21(26-19)16-37-24-28-27-22(20-5-4-14-35-20)31(24)18-8-6-17(2)7-9-18/h4-9,14-15H,3,10-13,16H2,1-2H3. The Hall–Kier alpha value is -3.64. The molecule has 0 unspecified atom stereocenters. The van der Waals surface area contributed by atoms with Crippen LogP contribution in [0.2, 0.25) is 0 Å². The normalized spacial score (nSPS) is 13.7. The van der Waals surface area contributed by atoms with Gasteiger partial charge in [-0.25, -0.2) is 9.78 Å². The van der Waals surface area contributed by atoms with Crippen LogP contribution in [-0.2, 0) is 10.5 Å². The summed E-state index contributed by atoms with van der Waals surface area (Å²) in [6, 6.07) is 11.8. The second-order valence-corrected chi connectivity index (χ2v) is 10.2. The Morgan fingerprint density at radius 3 is 2.54 bits per heavy atom. The Balaban J connectivity index is 1.26. The van der Waals surface area contributed by atoms with E-state index < -0.39 is 0 Å². The Bertz CT molecular complexity index is 1360. The number of carbonyl (C=O) groups excluding carboxylic acids is 2. The summed E-state index contributed by atoms with van der Waals surface area (Å²) in [5.41, 5.74) is 2.51. The van der Waals surface area contributed by atoms with Gasteiger partial charge in [0.25, 0.3) is 5.91 Å². The first-order valence-corrected chi connectivity index (χ1v) is 13.7. The zero-order valence-corrected chi connectivity index (χ0v) is 22.1. The molecule has 192 valence electrons. The van der Waals surface area contributed by atoms with Gasteiger partial charge >= 0.3 is 6.09 Å². The quantitative estimate of drug-likeness (QED) is 0.317. The number of benzene rings is 1. The van der Waals surface area contributed by atoms with Crippen molar-refractivity contribution in [3.8, 4) is 17.3 Å². The van der Waals surface area contributed by atoms with E-state index >= 15 is 0 Å². The zero-order chi connectivity index (χ0) is 25.8. The highest BCUT2D eigenvalue weighted by Crippen LogP contribution is 2.31. The molecule has 3 aromatic heterocycles. The molecule has 37 heavy (non-hydrogen) atoms. The van der Waals surface area contributed by atoms with Crippen molar-refractivity contribution in [3.63, 3.8) is 0 Å². The molecule has 4 aromatic rings. The van der Waals surface area contributed by atoms with Gasteiger partial charge in [-0.2, -0.15) is 0 Å². The highest BCUT2D eigenvalue weighted by molar-refractivity contribution is 7.98. The number of aromatic nitrogens is 4. The summed E-state index contributed by atoms with van der Waals surface area (Å²) in [6.45, 7) is 5.96. The summed E-state index contributed by atoms with van der Waals surface area (Å²) in [6.07, 6.45) is 1.28. The average Bonchev–Trinajstić information content (AvgIpc) is 3.69. The number of carbonyl (C=O) groups is 2. The fraction of sp³-hybridized carbons (Fsp3) is 0.320. The minimum Gasteiger partial charge on any atom is -0.461 e. The van der Waals surface area contributed by atoms with Crippen molar-refractivity contribution in [2.75, 3.05) is 32.8 Å². The first-order chi connectivity index (χ1) is 18.0. The van der Waals surface area contributed by atoms with Crippen molar-refractivity contribution in [2.24, 2.45) is 0 Å². The van der Waals surface area contributed by atoms with Gasteiger partial charge < -0.3 is 19.0 Å². The summed E-state index contributed by atoms with van der Waals surface area (Å²) in [4.78, 5) is 32.8. The molecule has 0 aliphatic carbocycles. The van der Waals surface area contributed by atoms with Crippen LogP contribution in [0.3, 0.4) is 0 Å². The molecule has 0 atom stereocenters. The van der Waals surface area contributed by atoms with Crippen molar-refractivity contribution < 1.29 is 18.7 Å². The van der Waals surface area contributed by atoms with Crippen molar-refractivity contribution in [1.82, 2.24) is 29.5 Å². The average molecular weight is 539 g/mol. The number of aryl methyl sites for hydroxylation is 1. The Morgan fingerprint density at radius 2 is 1.84 bits per heavy atom.